The maximum atomic E-state index is 13.1. The van der Waals surface area contributed by atoms with Crippen LogP contribution in [0.15, 0.2) is 30.9 Å². The van der Waals surface area contributed by atoms with Gasteiger partial charge in [-0.2, -0.15) is 0 Å². The maximum absolute atomic E-state index is 13.1. The number of aldehydes is 1. The zero-order valence-corrected chi connectivity index (χ0v) is 16.7. The molecule has 0 bridgehead atoms. The Morgan fingerprint density at radius 1 is 1.27 bits per heavy atom. The molecule has 0 saturated heterocycles. The molecule has 1 aliphatic rings. The normalized spacial score (nSPS) is 14.5. The minimum atomic E-state index is -3.52. The van der Waals surface area contributed by atoms with E-state index >= 15 is 0 Å². The number of fused-ring (bicyclic) bond motifs is 2. The summed E-state index contributed by atoms with van der Waals surface area (Å²) in [6, 6.07) is 4.82. The second kappa shape index (κ2) is 8.66. The Morgan fingerprint density at radius 2 is 2.13 bits per heavy atom. The van der Waals surface area contributed by atoms with Crippen LogP contribution in [0.3, 0.4) is 0 Å². The predicted molar refractivity (Wildman–Crippen MR) is 105 cm³/mol. The number of carbonyl (C=O) groups is 1. The van der Waals surface area contributed by atoms with Gasteiger partial charge in [-0.25, -0.2) is 20.0 Å². The van der Waals surface area contributed by atoms with Crippen LogP contribution in [-0.4, -0.2) is 52.1 Å². The van der Waals surface area contributed by atoms with Crippen LogP contribution >= 0.6 is 7.52 Å². The fourth-order valence-electron chi connectivity index (χ4n) is 2.79. The van der Waals surface area contributed by atoms with E-state index in [0.717, 1.165) is 0 Å². The van der Waals surface area contributed by atoms with Gasteiger partial charge < -0.3 is 33.8 Å². The molecule has 0 amide bonds. The molecule has 1 aliphatic heterocycles. The minimum Gasteiger partial charge on any atom is -0.454 e. The van der Waals surface area contributed by atoms with Crippen molar-refractivity contribution in [3.05, 3.63) is 30.9 Å². The van der Waals surface area contributed by atoms with Gasteiger partial charge in [0, 0.05) is 12.6 Å². The van der Waals surface area contributed by atoms with E-state index in [1.807, 2.05) is 0 Å². The smallest absolute Gasteiger partial charge is 0.342 e. The molecule has 1 aromatic carbocycles. The molecular weight excluding hydrogens is 415 g/mol. The molecule has 2 aromatic heterocycles. The number of hydrogen-bond acceptors (Lipinski definition) is 10. The van der Waals surface area contributed by atoms with Crippen LogP contribution in [0.25, 0.3) is 11.2 Å². The van der Waals surface area contributed by atoms with Gasteiger partial charge in [-0.05, 0) is 12.1 Å². The highest BCUT2D eigenvalue weighted by Gasteiger charge is 2.26. The molecule has 13 heteroatoms. The summed E-state index contributed by atoms with van der Waals surface area (Å²) in [5, 5.41) is 2.60. The standard InChI is InChI=1S/C17H19N6O6P/c18-16-15-17(20-8-19-16)23(9-21-15)4-6-26-11-30(25,22-3-5-24)29-12-1-2-13-14(7-12)28-10-27-13/h1-2,5,7-9H,3-4,6,10-11H2,(H,22,25)(H2,18,19,20). The molecule has 0 radical (unpaired) electrons. The van der Waals surface area contributed by atoms with E-state index in [1.54, 1.807) is 29.1 Å². The highest BCUT2D eigenvalue weighted by atomic mass is 31.2. The number of nitrogen functional groups attached to an aromatic ring is 1. The number of nitrogens with zero attached hydrogens (tertiary/aromatic N) is 4. The average Bonchev–Trinajstić information content (AvgIpc) is 3.37. The third kappa shape index (κ3) is 4.35. The molecule has 4 rings (SSSR count). The fourth-order valence-corrected chi connectivity index (χ4v) is 4.18. The zero-order chi connectivity index (χ0) is 21.0. The van der Waals surface area contributed by atoms with Crippen molar-refractivity contribution in [2.75, 3.05) is 32.0 Å². The molecule has 3 aromatic rings. The topological polar surface area (TPSA) is 153 Å². The molecule has 158 valence electrons. The van der Waals surface area contributed by atoms with Crippen molar-refractivity contribution >= 4 is 30.8 Å². The van der Waals surface area contributed by atoms with Crippen LogP contribution in [0, 0.1) is 0 Å². The number of carbonyl (C=O) groups excluding carboxylic acids is 1. The summed E-state index contributed by atoms with van der Waals surface area (Å²) in [7, 11) is -3.52. The molecule has 3 N–H and O–H groups in total. The van der Waals surface area contributed by atoms with Gasteiger partial charge in [-0.15, -0.1) is 0 Å². The van der Waals surface area contributed by atoms with Crippen molar-refractivity contribution in [3.63, 3.8) is 0 Å². The van der Waals surface area contributed by atoms with E-state index in [-0.39, 0.29) is 26.3 Å². The van der Waals surface area contributed by atoms with E-state index in [2.05, 4.69) is 20.0 Å². The number of rotatable bonds is 10. The molecule has 12 nitrogen and oxygen atoms in total. The summed E-state index contributed by atoms with van der Waals surface area (Å²) in [4.78, 5) is 23.0. The summed E-state index contributed by atoms with van der Waals surface area (Å²) in [6.07, 6.45) is 3.27. The largest absolute Gasteiger partial charge is 0.454 e. The van der Waals surface area contributed by atoms with Gasteiger partial charge in [0.25, 0.3) is 0 Å². The molecule has 0 saturated carbocycles. The lowest BCUT2D eigenvalue weighted by Crippen LogP contribution is -2.21. The minimum absolute atomic E-state index is 0.114. The van der Waals surface area contributed by atoms with E-state index in [4.69, 9.17) is 24.5 Å². The molecule has 0 aliphatic carbocycles. The van der Waals surface area contributed by atoms with E-state index < -0.39 is 7.52 Å². The Kier molecular flexibility index (Phi) is 5.79. The van der Waals surface area contributed by atoms with Gasteiger partial charge in [-0.3, -0.25) is 4.57 Å². The van der Waals surface area contributed by atoms with Gasteiger partial charge in [0.1, 0.15) is 30.2 Å². The molecule has 0 spiro atoms. The van der Waals surface area contributed by atoms with Crippen LogP contribution in [0.5, 0.6) is 17.2 Å². The van der Waals surface area contributed by atoms with Crippen molar-refractivity contribution in [3.8, 4) is 17.2 Å². The first-order valence-corrected chi connectivity index (χ1v) is 10.7. The maximum Gasteiger partial charge on any atom is 0.342 e. The van der Waals surface area contributed by atoms with Crippen LogP contribution in [-0.2, 0) is 20.6 Å². The third-order valence-electron chi connectivity index (χ3n) is 4.18. The predicted octanol–water partition coefficient (Wildman–Crippen LogP) is 1.17. The number of ether oxygens (including phenoxy) is 3. The average molecular weight is 434 g/mol. The van der Waals surface area contributed by atoms with E-state index in [1.165, 1.54) is 6.33 Å². The van der Waals surface area contributed by atoms with Crippen molar-refractivity contribution < 1.29 is 28.1 Å². The molecule has 1 atom stereocenters. The van der Waals surface area contributed by atoms with Crippen LogP contribution in [0.1, 0.15) is 0 Å². The summed E-state index contributed by atoms with van der Waals surface area (Å²) in [6.45, 7) is 0.563. The highest BCUT2D eigenvalue weighted by Crippen LogP contribution is 2.45. The Hall–Kier alpha value is -3.21. The molecule has 3 heterocycles. The Balaban J connectivity index is 1.38. The van der Waals surface area contributed by atoms with E-state index in [0.29, 0.717) is 47.1 Å². The first-order valence-electron chi connectivity index (χ1n) is 8.94. The second-order valence-electron chi connectivity index (χ2n) is 6.22. The van der Waals surface area contributed by atoms with Crippen molar-refractivity contribution in [2.24, 2.45) is 0 Å². The van der Waals surface area contributed by atoms with Crippen molar-refractivity contribution in [1.82, 2.24) is 24.6 Å². The number of anilines is 1. The number of hydrogen-bond donors (Lipinski definition) is 2. The SMILES string of the molecule is Nc1ncnc2c1ncn2CCOCP(=O)(NCC=O)Oc1ccc2c(c1)OCO2. The fraction of sp³-hybridized carbons (Fsp3) is 0.294. The van der Waals surface area contributed by atoms with E-state index in [9.17, 15) is 9.36 Å². The van der Waals surface area contributed by atoms with Crippen molar-refractivity contribution in [2.45, 2.75) is 6.54 Å². The summed E-state index contributed by atoms with van der Waals surface area (Å²) in [5.74, 6) is 1.66. The first kappa shape index (κ1) is 20.1. The van der Waals surface area contributed by atoms with Crippen LogP contribution in [0.2, 0.25) is 0 Å². The Bertz CT molecular complexity index is 1110. The lowest BCUT2D eigenvalue weighted by atomic mass is 10.3. The Labute approximate surface area is 170 Å². The molecule has 30 heavy (non-hydrogen) atoms. The quantitative estimate of drug-likeness (QED) is 0.269. The summed E-state index contributed by atoms with van der Waals surface area (Å²) >= 11 is 0. The second-order valence-corrected chi connectivity index (χ2v) is 8.32. The van der Waals surface area contributed by atoms with Crippen LogP contribution in [0.4, 0.5) is 5.82 Å². The number of nitrogens with one attached hydrogen (secondary N) is 1. The van der Waals surface area contributed by atoms with Gasteiger partial charge in [0.2, 0.25) is 6.79 Å². The Morgan fingerprint density at radius 3 is 3.00 bits per heavy atom. The monoisotopic (exact) mass is 434 g/mol. The third-order valence-corrected chi connectivity index (χ3v) is 5.87. The number of benzene rings is 1. The number of aromatic nitrogens is 4. The summed E-state index contributed by atoms with van der Waals surface area (Å²) < 4.78 is 36.6. The summed E-state index contributed by atoms with van der Waals surface area (Å²) in [5.41, 5.74) is 6.85. The van der Waals surface area contributed by atoms with Crippen LogP contribution < -0.4 is 24.8 Å². The van der Waals surface area contributed by atoms with Gasteiger partial charge in [0.15, 0.2) is 23.0 Å². The number of imidazole rings is 1. The lowest BCUT2D eigenvalue weighted by Gasteiger charge is -2.20. The van der Waals surface area contributed by atoms with Gasteiger partial charge in [0.05, 0.1) is 19.5 Å². The lowest BCUT2D eigenvalue weighted by molar-refractivity contribution is -0.106. The zero-order valence-electron chi connectivity index (χ0n) is 15.8. The molecule has 1 unspecified atom stereocenters. The first-order chi connectivity index (χ1) is 14.6. The van der Waals surface area contributed by atoms with Gasteiger partial charge >= 0.3 is 7.52 Å². The van der Waals surface area contributed by atoms with Crippen molar-refractivity contribution in [1.29, 1.82) is 0 Å². The number of nitrogens with two attached hydrogens (primary N) is 1. The highest BCUT2D eigenvalue weighted by molar-refractivity contribution is 7.57. The molecular formula is C17H19N6O6P. The molecule has 0 fully saturated rings. The van der Waals surface area contributed by atoms with Gasteiger partial charge in [-0.1, -0.05) is 0 Å².